The van der Waals surface area contributed by atoms with Crippen LogP contribution in [0.25, 0.3) is 39.7 Å². The summed E-state index contributed by atoms with van der Waals surface area (Å²) in [5.74, 6) is -0.426. The maximum Gasteiger partial charge on any atom is 0.417 e. The molecule has 3 aromatic carbocycles. The maximum absolute atomic E-state index is 13.4. The van der Waals surface area contributed by atoms with Gasteiger partial charge in [-0.15, -0.1) is 0 Å². The second kappa shape index (κ2) is 9.46. The van der Waals surface area contributed by atoms with Crippen molar-refractivity contribution in [3.8, 4) is 34.0 Å². The van der Waals surface area contributed by atoms with Crippen molar-refractivity contribution in [3.05, 3.63) is 90.0 Å². The number of carboxylic acid groups (broad SMARTS) is 1. The number of aliphatic carboxylic acids is 1. The third kappa shape index (κ3) is 5.24. The summed E-state index contributed by atoms with van der Waals surface area (Å²) in [6, 6.07) is 17.4. The first-order chi connectivity index (χ1) is 16.6. The summed E-state index contributed by atoms with van der Waals surface area (Å²) in [6.45, 7) is 5.30. The average Bonchev–Trinajstić information content (AvgIpc) is 3.32. The molecule has 1 heterocycles. The van der Waals surface area contributed by atoms with Gasteiger partial charge in [-0.1, -0.05) is 60.3 Å². The smallest absolute Gasteiger partial charge is 0.417 e. The van der Waals surface area contributed by atoms with E-state index in [1.165, 1.54) is 12.1 Å². The topological polar surface area (TPSA) is 88.2 Å². The van der Waals surface area contributed by atoms with Gasteiger partial charge in [-0.05, 0) is 47.4 Å². The van der Waals surface area contributed by atoms with Crippen molar-refractivity contribution in [2.24, 2.45) is 0 Å². The van der Waals surface area contributed by atoms with Crippen molar-refractivity contribution < 1.29 is 27.6 Å². The molecule has 0 radical (unpaired) electrons. The van der Waals surface area contributed by atoms with Gasteiger partial charge in [0.15, 0.2) is 0 Å². The highest BCUT2D eigenvalue weighted by Gasteiger charge is 2.33. The second-order valence-electron chi connectivity index (χ2n) is 7.80. The molecule has 2 N–H and O–H groups in total. The zero-order valence-electron chi connectivity index (χ0n) is 18.6. The average molecular weight is 479 g/mol. The van der Waals surface area contributed by atoms with Gasteiger partial charge in [0.2, 0.25) is 5.82 Å². The molecule has 1 aromatic heterocycles. The van der Waals surface area contributed by atoms with Gasteiger partial charge in [0, 0.05) is 16.8 Å². The molecule has 9 heteroatoms. The number of nitrogens with zero attached hydrogens (tertiary/aromatic N) is 2. The predicted octanol–water partition coefficient (Wildman–Crippen LogP) is 6.04. The molecular formula is C26H20F3N3O3. The molecule has 4 rings (SSSR count). The molecule has 4 aromatic rings. The Hall–Kier alpha value is -4.40. The van der Waals surface area contributed by atoms with Gasteiger partial charge in [-0.25, -0.2) is 0 Å². The predicted molar refractivity (Wildman–Crippen MR) is 125 cm³/mol. The number of hydrogen-bond donors (Lipinski definition) is 2. The Bertz CT molecular complexity index is 1390. The summed E-state index contributed by atoms with van der Waals surface area (Å²) >= 11 is 0. The Morgan fingerprint density at radius 3 is 2.37 bits per heavy atom. The fraction of sp³-hybridized carbons (Fsp3) is 0.115. The van der Waals surface area contributed by atoms with E-state index in [1.807, 2.05) is 0 Å². The molecule has 0 unspecified atom stereocenters. The van der Waals surface area contributed by atoms with Crippen LogP contribution in [-0.4, -0.2) is 27.8 Å². The minimum Gasteiger partial charge on any atom is -0.480 e. The Kier molecular flexibility index (Phi) is 6.42. The highest BCUT2D eigenvalue weighted by atomic mass is 19.4. The number of aromatic nitrogens is 2. The van der Waals surface area contributed by atoms with E-state index >= 15 is 0 Å². The van der Waals surface area contributed by atoms with Crippen LogP contribution in [0.3, 0.4) is 0 Å². The number of aryl methyl sites for hydroxylation is 1. The highest BCUT2D eigenvalue weighted by Crippen LogP contribution is 2.38. The van der Waals surface area contributed by atoms with Crippen molar-refractivity contribution in [3.63, 3.8) is 0 Å². The van der Waals surface area contributed by atoms with Crippen molar-refractivity contribution in [1.29, 1.82) is 0 Å². The summed E-state index contributed by atoms with van der Waals surface area (Å²) in [4.78, 5) is 15.1. The minimum absolute atomic E-state index is 0.106. The lowest BCUT2D eigenvalue weighted by molar-refractivity contribution is -0.137. The third-order valence-corrected chi connectivity index (χ3v) is 5.37. The second-order valence-corrected chi connectivity index (χ2v) is 7.80. The number of halogens is 3. The monoisotopic (exact) mass is 479 g/mol. The SMILES string of the molecule is C=C(NCC(=O)O)c1ccc(-c2noc(-c3ccc(-c4ccccc4C(F)(F)F)c(C)c3)n2)cc1. The standard InChI is InChI=1S/C26H20F3N3O3/c1-15-13-19(11-12-20(15)21-5-3-4-6-22(21)26(27,28)29)25-31-24(32-35-25)18-9-7-17(8-10-18)16(2)30-14-23(33)34/h3-13,30H,2,14H2,1H3,(H,33,34). The molecule has 0 amide bonds. The summed E-state index contributed by atoms with van der Waals surface area (Å²) in [6.07, 6.45) is -4.46. The molecule has 0 aliphatic carbocycles. The fourth-order valence-corrected chi connectivity index (χ4v) is 3.63. The zero-order valence-corrected chi connectivity index (χ0v) is 18.6. The van der Waals surface area contributed by atoms with Gasteiger partial charge in [-0.2, -0.15) is 18.2 Å². The van der Waals surface area contributed by atoms with E-state index in [4.69, 9.17) is 9.63 Å². The van der Waals surface area contributed by atoms with E-state index in [2.05, 4.69) is 22.0 Å². The van der Waals surface area contributed by atoms with Crippen LogP contribution >= 0.6 is 0 Å². The largest absolute Gasteiger partial charge is 0.480 e. The quantitative estimate of drug-likeness (QED) is 0.336. The summed E-state index contributed by atoms with van der Waals surface area (Å²) in [7, 11) is 0. The molecule has 6 nitrogen and oxygen atoms in total. The molecule has 0 aliphatic heterocycles. The Morgan fingerprint density at radius 2 is 1.71 bits per heavy atom. The molecule has 0 saturated carbocycles. The van der Waals surface area contributed by atoms with Crippen LogP contribution in [-0.2, 0) is 11.0 Å². The molecule has 0 bridgehead atoms. The minimum atomic E-state index is -4.46. The number of rotatable bonds is 7. The lowest BCUT2D eigenvalue weighted by Gasteiger charge is -2.14. The van der Waals surface area contributed by atoms with Crippen LogP contribution in [0.15, 0.2) is 77.8 Å². The van der Waals surface area contributed by atoms with Crippen molar-refractivity contribution in [2.75, 3.05) is 6.54 Å². The number of carbonyl (C=O) groups is 1. The fourth-order valence-electron chi connectivity index (χ4n) is 3.63. The van der Waals surface area contributed by atoms with E-state index in [1.54, 1.807) is 55.5 Å². The van der Waals surface area contributed by atoms with E-state index in [9.17, 15) is 18.0 Å². The van der Waals surface area contributed by atoms with Crippen LogP contribution in [0.2, 0.25) is 0 Å². The Morgan fingerprint density at radius 1 is 1.03 bits per heavy atom. The van der Waals surface area contributed by atoms with Crippen LogP contribution < -0.4 is 5.32 Å². The first-order valence-electron chi connectivity index (χ1n) is 10.5. The lowest BCUT2D eigenvalue weighted by Crippen LogP contribution is -2.20. The number of hydrogen-bond acceptors (Lipinski definition) is 5. The van der Waals surface area contributed by atoms with Crippen molar-refractivity contribution >= 4 is 11.7 Å². The molecule has 178 valence electrons. The number of benzene rings is 3. The zero-order chi connectivity index (χ0) is 25.2. The first kappa shape index (κ1) is 23.7. The summed E-state index contributed by atoms with van der Waals surface area (Å²) in [5, 5.41) is 15.5. The van der Waals surface area contributed by atoms with Crippen LogP contribution in [0.5, 0.6) is 0 Å². The Labute approximate surface area is 198 Å². The molecular weight excluding hydrogens is 459 g/mol. The molecule has 35 heavy (non-hydrogen) atoms. The van der Waals surface area contributed by atoms with Crippen LogP contribution in [0.1, 0.15) is 16.7 Å². The van der Waals surface area contributed by atoms with E-state index in [0.717, 1.165) is 6.07 Å². The molecule has 0 aliphatic rings. The van der Waals surface area contributed by atoms with Crippen molar-refractivity contribution in [2.45, 2.75) is 13.1 Å². The number of carboxylic acids is 1. The van der Waals surface area contributed by atoms with E-state index < -0.39 is 17.7 Å². The highest BCUT2D eigenvalue weighted by molar-refractivity contribution is 5.75. The molecule has 0 fully saturated rings. The number of alkyl halides is 3. The number of nitrogens with one attached hydrogen (secondary N) is 1. The third-order valence-electron chi connectivity index (χ3n) is 5.37. The normalized spacial score (nSPS) is 11.3. The summed E-state index contributed by atoms with van der Waals surface area (Å²) in [5.41, 5.74) is 2.94. The van der Waals surface area contributed by atoms with Gasteiger partial charge in [0.05, 0.1) is 5.56 Å². The maximum atomic E-state index is 13.4. The molecule has 0 spiro atoms. The summed E-state index contributed by atoms with van der Waals surface area (Å²) < 4.78 is 45.7. The van der Waals surface area contributed by atoms with Gasteiger partial charge in [0.1, 0.15) is 6.54 Å². The van der Waals surface area contributed by atoms with Crippen LogP contribution in [0.4, 0.5) is 13.2 Å². The van der Waals surface area contributed by atoms with Gasteiger partial charge in [0.25, 0.3) is 5.89 Å². The van der Waals surface area contributed by atoms with Crippen molar-refractivity contribution in [1.82, 2.24) is 15.5 Å². The molecule has 0 atom stereocenters. The lowest BCUT2D eigenvalue weighted by atomic mass is 9.94. The molecule has 0 saturated heterocycles. The van der Waals surface area contributed by atoms with Gasteiger partial charge >= 0.3 is 12.1 Å². The van der Waals surface area contributed by atoms with Gasteiger partial charge in [-0.3, -0.25) is 4.79 Å². The Balaban J connectivity index is 1.57. The van der Waals surface area contributed by atoms with E-state index in [-0.39, 0.29) is 18.0 Å². The van der Waals surface area contributed by atoms with E-state index in [0.29, 0.717) is 39.3 Å². The van der Waals surface area contributed by atoms with Crippen LogP contribution in [0, 0.1) is 6.92 Å². The first-order valence-corrected chi connectivity index (χ1v) is 10.5. The van der Waals surface area contributed by atoms with Gasteiger partial charge < -0.3 is 14.9 Å².